The van der Waals surface area contributed by atoms with Gasteiger partial charge >= 0.3 is 0 Å². The molecular formula is C11H25Br2N3O. The van der Waals surface area contributed by atoms with E-state index in [0.717, 1.165) is 19.3 Å². The Balaban J connectivity index is -0.000000980. The maximum atomic E-state index is 11.1. The van der Waals surface area contributed by atoms with E-state index in [1.165, 1.54) is 0 Å². The Morgan fingerprint density at radius 1 is 1.29 bits per heavy atom. The first-order chi connectivity index (χ1) is 7.11. The summed E-state index contributed by atoms with van der Waals surface area (Å²) in [5, 5.41) is 2.79. The number of carbonyl (C=O) groups is 1. The molecule has 0 bridgehead atoms. The molecule has 0 saturated carbocycles. The summed E-state index contributed by atoms with van der Waals surface area (Å²) in [5.41, 5.74) is 11.6. The van der Waals surface area contributed by atoms with Crippen LogP contribution in [-0.2, 0) is 4.79 Å². The van der Waals surface area contributed by atoms with Gasteiger partial charge in [-0.15, -0.1) is 34.0 Å². The van der Waals surface area contributed by atoms with Crippen LogP contribution in [-0.4, -0.2) is 25.5 Å². The second-order valence-electron chi connectivity index (χ2n) is 3.86. The summed E-state index contributed by atoms with van der Waals surface area (Å²) in [6, 6.07) is 0. The van der Waals surface area contributed by atoms with E-state index in [1.807, 2.05) is 0 Å². The van der Waals surface area contributed by atoms with Crippen LogP contribution < -0.4 is 16.8 Å². The number of nitrogens with one attached hydrogen (secondary N) is 1. The largest absolute Gasteiger partial charge is 0.352 e. The minimum atomic E-state index is -0.0712. The maximum Gasteiger partial charge on any atom is 0.246 e. The lowest BCUT2D eigenvalue weighted by atomic mass is 10.00. The molecule has 5 N–H and O–H groups in total. The number of hydrogen-bond acceptors (Lipinski definition) is 3. The molecule has 0 heterocycles. The van der Waals surface area contributed by atoms with Crippen LogP contribution >= 0.6 is 34.0 Å². The predicted molar refractivity (Wildman–Crippen MR) is 83.9 cm³/mol. The summed E-state index contributed by atoms with van der Waals surface area (Å²) in [7, 11) is 0. The van der Waals surface area contributed by atoms with Crippen LogP contribution in [0.3, 0.4) is 0 Å². The highest BCUT2D eigenvalue weighted by molar-refractivity contribution is 8.93. The quantitative estimate of drug-likeness (QED) is 0.445. The number of hydrogen-bond donors (Lipinski definition) is 3. The van der Waals surface area contributed by atoms with Crippen LogP contribution in [0, 0.1) is 5.92 Å². The zero-order valence-electron chi connectivity index (χ0n) is 10.4. The summed E-state index contributed by atoms with van der Waals surface area (Å²) >= 11 is 0. The molecule has 6 heteroatoms. The lowest BCUT2D eigenvalue weighted by Crippen LogP contribution is -2.26. The number of rotatable bonds is 8. The zero-order valence-corrected chi connectivity index (χ0v) is 13.8. The standard InChI is InChI=1S/C11H23N3O.2BrH/c1-9(2)11(15)14-7-3-4-10(8-13)5-6-12;;/h10H,1,3-8,12-13H2,2H3,(H,14,15);2*1H. The summed E-state index contributed by atoms with van der Waals surface area (Å²) in [5.74, 6) is 0.412. The van der Waals surface area contributed by atoms with Crippen molar-refractivity contribution in [1.29, 1.82) is 0 Å². The lowest BCUT2D eigenvalue weighted by Gasteiger charge is -2.13. The summed E-state index contributed by atoms with van der Waals surface area (Å²) < 4.78 is 0. The fourth-order valence-electron chi connectivity index (χ4n) is 1.36. The average Bonchev–Trinajstić information content (AvgIpc) is 2.22. The fourth-order valence-corrected chi connectivity index (χ4v) is 1.36. The van der Waals surface area contributed by atoms with Crippen LogP contribution in [0.4, 0.5) is 0 Å². The van der Waals surface area contributed by atoms with Crippen LogP contribution in [0.25, 0.3) is 0 Å². The molecule has 0 radical (unpaired) electrons. The summed E-state index contributed by atoms with van der Waals surface area (Å²) in [4.78, 5) is 11.1. The van der Waals surface area contributed by atoms with Gasteiger partial charge in [0.1, 0.15) is 0 Å². The van der Waals surface area contributed by atoms with Gasteiger partial charge in [0.05, 0.1) is 0 Å². The minimum Gasteiger partial charge on any atom is -0.352 e. The molecule has 0 aliphatic carbocycles. The Morgan fingerprint density at radius 2 is 1.88 bits per heavy atom. The maximum absolute atomic E-state index is 11.1. The molecule has 104 valence electrons. The molecule has 0 aromatic heterocycles. The first-order valence-electron chi connectivity index (χ1n) is 5.45. The molecule has 0 fully saturated rings. The van der Waals surface area contributed by atoms with Crippen molar-refractivity contribution in [2.24, 2.45) is 17.4 Å². The summed E-state index contributed by atoms with van der Waals surface area (Å²) in [6.45, 7) is 7.31. The normalized spacial score (nSPS) is 10.8. The van der Waals surface area contributed by atoms with E-state index in [9.17, 15) is 4.79 Å². The van der Waals surface area contributed by atoms with Gasteiger partial charge < -0.3 is 16.8 Å². The molecule has 1 unspecified atom stereocenters. The van der Waals surface area contributed by atoms with Crippen molar-refractivity contribution < 1.29 is 4.79 Å². The third-order valence-electron chi connectivity index (χ3n) is 2.37. The Labute approximate surface area is 125 Å². The molecule has 0 rings (SSSR count). The van der Waals surface area contributed by atoms with Gasteiger partial charge in [-0.3, -0.25) is 4.79 Å². The predicted octanol–water partition coefficient (Wildman–Crippen LogP) is 1.54. The number of halogens is 2. The molecule has 4 nitrogen and oxygen atoms in total. The van der Waals surface area contributed by atoms with Gasteiger partial charge in [-0.25, -0.2) is 0 Å². The zero-order chi connectivity index (χ0) is 11.7. The minimum absolute atomic E-state index is 0. The van der Waals surface area contributed by atoms with Crippen LogP contribution in [0.15, 0.2) is 12.2 Å². The van der Waals surface area contributed by atoms with Crippen molar-refractivity contribution in [3.63, 3.8) is 0 Å². The third kappa shape index (κ3) is 12.3. The van der Waals surface area contributed by atoms with Crippen molar-refractivity contribution in [2.75, 3.05) is 19.6 Å². The molecule has 0 saturated heterocycles. The smallest absolute Gasteiger partial charge is 0.246 e. The van der Waals surface area contributed by atoms with Crippen molar-refractivity contribution in [1.82, 2.24) is 5.32 Å². The fraction of sp³-hybridized carbons (Fsp3) is 0.727. The Hall–Kier alpha value is 0.0900. The molecule has 1 amide bonds. The van der Waals surface area contributed by atoms with Crippen molar-refractivity contribution in [2.45, 2.75) is 26.2 Å². The second-order valence-corrected chi connectivity index (χ2v) is 3.86. The van der Waals surface area contributed by atoms with Crippen LogP contribution in [0.5, 0.6) is 0 Å². The molecule has 17 heavy (non-hydrogen) atoms. The molecule has 0 aromatic rings. The van der Waals surface area contributed by atoms with Crippen molar-refractivity contribution >= 4 is 39.9 Å². The van der Waals surface area contributed by atoms with Crippen molar-refractivity contribution in [3.05, 3.63) is 12.2 Å². The SMILES string of the molecule is Br.Br.C=C(C)C(=O)NCCCC(CN)CCN. The van der Waals surface area contributed by atoms with Gasteiger partial charge in [-0.2, -0.15) is 0 Å². The number of amides is 1. The third-order valence-corrected chi connectivity index (χ3v) is 2.37. The molecule has 0 aliphatic rings. The first-order valence-corrected chi connectivity index (χ1v) is 5.45. The van der Waals surface area contributed by atoms with Gasteiger partial charge in [0.25, 0.3) is 0 Å². The second kappa shape index (κ2) is 14.2. The highest BCUT2D eigenvalue weighted by atomic mass is 79.9. The number of nitrogens with two attached hydrogens (primary N) is 2. The van der Waals surface area contributed by atoms with E-state index in [0.29, 0.717) is 31.1 Å². The summed E-state index contributed by atoms with van der Waals surface area (Å²) in [6.07, 6.45) is 2.93. The highest BCUT2D eigenvalue weighted by Gasteiger charge is 2.05. The Morgan fingerprint density at radius 3 is 2.29 bits per heavy atom. The Kier molecular flexibility index (Phi) is 18.6. The topological polar surface area (TPSA) is 81.1 Å². The molecule has 0 spiro atoms. The van der Waals surface area contributed by atoms with E-state index in [-0.39, 0.29) is 39.9 Å². The molecular weight excluding hydrogens is 350 g/mol. The molecule has 1 atom stereocenters. The average molecular weight is 375 g/mol. The van der Waals surface area contributed by atoms with Crippen LogP contribution in [0.1, 0.15) is 26.2 Å². The van der Waals surface area contributed by atoms with Gasteiger partial charge in [-0.1, -0.05) is 6.58 Å². The highest BCUT2D eigenvalue weighted by Crippen LogP contribution is 2.07. The Bertz CT molecular complexity index is 213. The van der Waals surface area contributed by atoms with Gasteiger partial charge in [-0.05, 0) is 45.2 Å². The van der Waals surface area contributed by atoms with E-state index in [1.54, 1.807) is 6.92 Å². The first kappa shape index (κ1) is 22.3. The monoisotopic (exact) mass is 373 g/mol. The molecule has 0 aliphatic heterocycles. The van der Waals surface area contributed by atoms with E-state index in [2.05, 4.69) is 11.9 Å². The molecule has 0 aromatic carbocycles. The van der Waals surface area contributed by atoms with Gasteiger partial charge in [0, 0.05) is 12.1 Å². The van der Waals surface area contributed by atoms with E-state index < -0.39 is 0 Å². The lowest BCUT2D eigenvalue weighted by molar-refractivity contribution is -0.117. The van der Waals surface area contributed by atoms with E-state index in [4.69, 9.17) is 11.5 Å². The van der Waals surface area contributed by atoms with E-state index >= 15 is 0 Å². The van der Waals surface area contributed by atoms with Gasteiger partial charge in [0.15, 0.2) is 0 Å². The van der Waals surface area contributed by atoms with Crippen LogP contribution in [0.2, 0.25) is 0 Å². The van der Waals surface area contributed by atoms with Gasteiger partial charge in [0.2, 0.25) is 5.91 Å². The number of carbonyl (C=O) groups excluding carboxylic acids is 1. The van der Waals surface area contributed by atoms with Crippen molar-refractivity contribution in [3.8, 4) is 0 Å².